The second kappa shape index (κ2) is 6.51. The van der Waals surface area contributed by atoms with E-state index in [0.29, 0.717) is 10.0 Å². The number of rotatable bonds is 2. The molecular weight excluding hydrogens is 351 g/mol. The number of fused-ring (bicyclic) bond motifs is 1. The average Bonchev–Trinajstić information content (AvgIpc) is 2.92. The molecule has 25 heavy (non-hydrogen) atoms. The van der Waals surface area contributed by atoms with Gasteiger partial charge in [-0.25, -0.2) is 0 Å². The number of hydrogen-bond acceptors (Lipinski definition) is 1. The second-order valence-corrected chi connectivity index (χ2v) is 6.79. The minimum atomic E-state index is -0.0973. The van der Waals surface area contributed by atoms with Gasteiger partial charge in [0.25, 0.3) is 0 Å². The molecule has 0 radical (unpaired) electrons. The number of hydrogen-bond donors (Lipinski definition) is 0. The van der Waals surface area contributed by atoms with Crippen molar-refractivity contribution in [2.24, 2.45) is 0 Å². The van der Waals surface area contributed by atoms with Crippen molar-refractivity contribution in [2.45, 2.75) is 5.92 Å². The first-order chi connectivity index (χ1) is 12.2. The van der Waals surface area contributed by atoms with Gasteiger partial charge in [0.15, 0.2) is 5.78 Å². The van der Waals surface area contributed by atoms with Crippen LogP contribution in [0, 0.1) is 0 Å². The van der Waals surface area contributed by atoms with Gasteiger partial charge in [-0.2, -0.15) is 0 Å². The topological polar surface area (TPSA) is 17.1 Å². The Hall–Kier alpha value is -2.35. The van der Waals surface area contributed by atoms with Gasteiger partial charge in [-0.1, -0.05) is 89.9 Å². The second-order valence-electron chi connectivity index (χ2n) is 6.00. The van der Waals surface area contributed by atoms with E-state index in [1.54, 1.807) is 6.07 Å². The van der Waals surface area contributed by atoms with Gasteiger partial charge in [0.1, 0.15) is 0 Å². The summed E-state index contributed by atoms with van der Waals surface area (Å²) in [6.45, 7) is 0. The maximum atomic E-state index is 13.0. The first-order valence-corrected chi connectivity index (χ1v) is 8.76. The molecule has 3 aromatic rings. The Morgan fingerprint density at radius 3 is 2.32 bits per heavy atom. The van der Waals surface area contributed by atoms with Crippen molar-refractivity contribution < 1.29 is 4.79 Å². The molecule has 3 aromatic carbocycles. The molecule has 0 N–H and O–H groups in total. The maximum absolute atomic E-state index is 13.0. The van der Waals surface area contributed by atoms with Crippen LogP contribution < -0.4 is 0 Å². The molecule has 1 aliphatic carbocycles. The normalized spacial score (nSPS) is 17.8. The van der Waals surface area contributed by atoms with Crippen molar-refractivity contribution in [3.8, 4) is 0 Å². The molecule has 0 bridgehead atoms. The molecule has 0 amide bonds. The molecule has 1 nitrogen and oxygen atoms in total. The summed E-state index contributed by atoms with van der Waals surface area (Å²) < 4.78 is 0. The van der Waals surface area contributed by atoms with Crippen LogP contribution in [0.25, 0.3) is 6.08 Å². The molecule has 1 atom stereocenters. The van der Waals surface area contributed by atoms with Crippen LogP contribution in [-0.2, 0) is 0 Å². The molecular formula is C22H14Cl2O. The number of carbonyl (C=O) groups is 1. The van der Waals surface area contributed by atoms with E-state index in [1.807, 2.05) is 72.8 Å². The molecule has 0 aromatic heterocycles. The number of ketones is 1. The van der Waals surface area contributed by atoms with Crippen molar-refractivity contribution in [3.63, 3.8) is 0 Å². The molecule has 3 heteroatoms. The Labute approximate surface area is 156 Å². The lowest BCUT2D eigenvalue weighted by Gasteiger charge is -2.14. The molecule has 0 saturated carbocycles. The lowest BCUT2D eigenvalue weighted by molar-refractivity contribution is 0.103. The van der Waals surface area contributed by atoms with E-state index in [1.165, 1.54) is 0 Å². The van der Waals surface area contributed by atoms with Crippen LogP contribution in [0.4, 0.5) is 0 Å². The summed E-state index contributed by atoms with van der Waals surface area (Å²) in [4.78, 5) is 13.0. The highest BCUT2D eigenvalue weighted by atomic mass is 35.5. The molecule has 1 unspecified atom stereocenters. The summed E-state index contributed by atoms with van der Waals surface area (Å²) in [5.41, 5.74) is 4.34. The fraction of sp³-hybridized carbons (Fsp3) is 0.0455. The van der Waals surface area contributed by atoms with Crippen molar-refractivity contribution in [2.75, 3.05) is 0 Å². The summed E-state index contributed by atoms with van der Waals surface area (Å²) in [6, 6.07) is 23.3. The predicted molar refractivity (Wildman–Crippen MR) is 103 cm³/mol. The highest BCUT2D eigenvalue weighted by molar-refractivity contribution is 6.43. The number of halogens is 2. The largest absolute Gasteiger partial charge is 0.289 e. The van der Waals surface area contributed by atoms with Crippen LogP contribution in [0.2, 0.25) is 10.0 Å². The van der Waals surface area contributed by atoms with E-state index in [-0.39, 0.29) is 11.7 Å². The molecule has 1 aliphatic rings. The third-order valence-electron chi connectivity index (χ3n) is 4.51. The number of benzene rings is 3. The summed E-state index contributed by atoms with van der Waals surface area (Å²) in [6.07, 6.45) is 1.87. The lowest BCUT2D eigenvalue weighted by Crippen LogP contribution is -2.02. The third-order valence-corrected chi connectivity index (χ3v) is 5.35. The fourth-order valence-electron chi connectivity index (χ4n) is 3.36. The van der Waals surface area contributed by atoms with Crippen LogP contribution >= 0.6 is 23.2 Å². The Kier molecular flexibility index (Phi) is 4.20. The van der Waals surface area contributed by atoms with E-state index < -0.39 is 0 Å². The Bertz CT molecular complexity index is 990. The van der Waals surface area contributed by atoms with E-state index in [4.69, 9.17) is 23.2 Å². The van der Waals surface area contributed by atoms with Crippen LogP contribution in [0.15, 0.2) is 78.4 Å². The van der Waals surface area contributed by atoms with Gasteiger partial charge >= 0.3 is 0 Å². The minimum Gasteiger partial charge on any atom is -0.289 e. The lowest BCUT2D eigenvalue weighted by atomic mass is 9.89. The molecule has 0 fully saturated rings. The van der Waals surface area contributed by atoms with Crippen molar-refractivity contribution >= 4 is 35.1 Å². The first-order valence-electron chi connectivity index (χ1n) is 8.01. The molecule has 4 rings (SSSR count). The highest BCUT2D eigenvalue weighted by Crippen LogP contribution is 2.43. The molecule has 0 aliphatic heterocycles. The quantitative estimate of drug-likeness (QED) is 0.480. The van der Waals surface area contributed by atoms with Crippen LogP contribution in [0.3, 0.4) is 0 Å². The number of Topliss-reactive ketones (excluding diaryl/α,β-unsaturated/α-hetero) is 1. The summed E-state index contributed by atoms with van der Waals surface area (Å²) in [5.74, 6) is -0.0551. The van der Waals surface area contributed by atoms with E-state index in [0.717, 1.165) is 27.8 Å². The monoisotopic (exact) mass is 364 g/mol. The van der Waals surface area contributed by atoms with E-state index in [9.17, 15) is 4.79 Å². The zero-order valence-corrected chi connectivity index (χ0v) is 14.8. The standard InChI is InChI=1S/C22H14Cl2O/c23-19-12-6-9-15(21(19)24)13-18-20(14-7-2-1-3-8-14)16-10-4-5-11-17(16)22(18)25/h1-13,20H. The van der Waals surface area contributed by atoms with Crippen molar-refractivity contribution in [3.05, 3.63) is 111 Å². The minimum absolute atomic E-state index is 0.0421. The van der Waals surface area contributed by atoms with Gasteiger partial charge in [-0.3, -0.25) is 4.79 Å². The van der Waals surface area contributed by atoms with Gasteiger partial charge in [0, 0.05) is 17.1 Å². The van der Waals surface area contributed by atoms with Crippen LogP contribution in [0.5, 0.6) is 0 Å². The predicted octanol–water partition coefficient (Wildman–Crippen LogP) is 6.41. The van der Waals surface area contributed by atoms with Gasteiger partial charge in [0.05, 0.1) is 10.0 Å². The third kappa shape index (κ3) is 2.80. The smallest absolute Gasteiger partial charge is 0.190 e. The van der Waals surface area contributed by atoms with Crippen LogP contribution in [-0.4, -0.2) is 5.78 Å². The first kappa shape index (κ1) is 16.1. The van der Waals surface area contributed by atoms with Gasteiger partial charge in [-0.15, -0.1) is 0 Å². The van der Waals surface area contributed by atoms with E-state index in [2.05, 4.69) is 0 Å². The summed E-state index contributed by atoms with van der Waals surface area (Å²) in [5, 5.41) is 0.947. The van der Waals surface area contributed by atoms with Gasteiger partial charge in [0.2, 0.25) is 0 Å². The molecule has 122 valence electrons. The van der Waals surface area contributed by atoms with Crippen LogP contribution in [0.1, 0.15) is 33.0 Å². The number of allylic oxidation sites excluding steroid dienone is 1. The summed E-state index contributed by atoms with van der Waals surface area (Å²) >= 11 is 12.5. The summed E-state index contributed by atoms with van der Waals surface area (Å²) in [7, 11) is 0. The van der Waals surface area contributed by atoms with Gasteiger partial charge < -0.3 is 0 Å². The Morgan fingerprint density at radius 2 is 1.52 bits per heavy atom. The Balaban J connectivity index is 1.93. The SMILES string of the molecule is O=C1C(=Cc2cccc(Cl)c2Cl)C(c2ccccc2)c2ccccc21. The Morgan fingerprint density at radius 1 is 0.800 bits per heavy atom. The molecule has 0 saturated heterocycles. The molecule has 0 spiro atoms. The highest BCUT2D eigenvalue weighted by Gasteiger charge is 2.35. The zero-order valence-electron chi connectivity index (χ0n) is 13.2. The zero-order chi connectivity index (χ0) is 17.4. The van der Waals surface area contributed by atoms with E-state index >= 15 is 0 Å². The molecule has 0 heterocycles. The average molecular weight is 365 g/mol. The van der Waals surface area contributed by atoms with Crippen molar-refractivity contribution in [1.29, 1.82) is 0 Å². The van der Waals surface area contributed by atoms with Crippen molar-refractivity contribution in [1.82, 2.24) is 0 Å². The van der Waals surface area contributed by atoms with Gasteiger partial charge in [-0.05, 0) is 28.8 Å². The fourth-order valence-corrected chi connectivity index (χ4v) is 3.73. The number of carbonyl (C=O) groups excluding carboxylic acids is 1. The maximum Gasteiger partial charge on any atom is 0.190 e.